The molecular weight excluding hydrogens is 411 g/mol. The van der Waals surface area contributed by atoms with Gasteiger partial charge in [0.2, 0.25) is 15.9 Å². The maximum Gasteiger partial charge on any atom is 0.247 e. The van der Waals surface area contributed by atoms with Crippen LogP contribution in [0.15, 0.2) is 41.3 Å². The lowest BCUT2D eigenvalue weighted by atomic mass is 10.2. The van der Waals surface area contributed by atoms with Crippen LogP contribution >= 0.6 is 23.2 Å². The number of nitrogens with one attached hydrogen (secondary N) is 1. The number of hydrogen-bond donors (Lipinski definition) is 1. The standard InChI is InChI=1S/C18H20Cl2N2O4S/c1-4-26-16-8-6-14(20)10-17(16)27(24,25)22(3)11-18(23)21-15-7-5-13(19)9-12(15)2/h5-10H,4,11H2,1-3H3,(H,21,23). The highest BCUT2D eigenvalue weighted by Crippen LogP contribution is 2.29. The van der Waals surface area contributed by atoms with E-state index in [-0.39, 0.29) is 22.2 Å². The van der Waals surface area contributed by atoms with Crippen LogP contribution < -0.4 is 10.1 Å². The van der Waals surface area contributed by atoms with E-state index >= 15 is 0 Å². The average molecular weight is 431 g/mol. The van der Waals surface area contributed by atoms with Gasteiger partial charge < -0.3 is 10.1 Å². The number of ether oxygens (including phenoxy) is 1. The van der Waals surface area contributed by atoms with Crippen molar-refractivity contribution in [2.45, 2.75) is 18.7 Å². The quantitative estimate of drug-likeness (QED) is 0.720. The van der Waals surface area contributed by atoms with Gasteiger partial charge in [0.1, 0.15) is 10.6 Å². The molecule has 146 valence electrons. The van der Waals surface area contributed by atoms with Crippen molar-refractivity contribution in [1.29, 1.82) is 0 Å². The average Bonchev–Trinajstić information content (AvgIpc) is 2.59. The van der Waals surface area contributed by atoms with Crippen LogP contribution in [0.4, 0.5) is 5.69 Å². The van der Waals surface area contributed by atoms with E-state index in [1.165, 1.54) is 19.2 Å². The molecule has 2 aromatic carbocycles. The fourth-order valence-corrected chi connectivity index (χ4v) is 4.11. The summed E-state index contributed by atoms with van der Waals surface area (Å²) in [7, 11) is -2.66. The minimum atomic E-state index is -3.98. The molecule has 0 aliphatic carbocycles. The van der Waals surface area contributed by atoms with Gasteiger partial charge in [0.25, 0.3) is 0 Å². The van der Waals surface area contributed by atoms with Crippen molar-refractivity contribution in [3.05, 3.63) is 52.0 Å². The Labute approximate surface area is 169 Å². The number of carbonyl (C=O) groups excluding carboxylic acids is 1. The fourth-order valence-electron chi connectivity index (χ4n) is 2.37. The summed E-state index contributed by atoms with van der Waals surface area (Å²) in [5.41, 5.74) is 1.34. The molecule has 27 heavy (non-hydrogen) atoms. The molecule has 0 atom stereocenters. The number of nitrogens with zero attached hydrogens (tertiary/aromatic N) is 1. The number of aryl methyl sites for hydroxylation is 1. The topological polar surface area (TPSA) is 75.7 Å². The van der Waals surface area contributed by atoms with E-state index in [4.69, 9.17) is 27.9 Å². The van der Waals surface area contributed by atoms with E-state index in [1.54, 1.807) is 38.1 Å². The Morgan fingerprint density at radius 1 is 1.15 bits per heavy atom. The van der Waals surface area contributed by atoms with Gasteiger partial charge in [0, 0.05) is 22.8 Å². The first-order valence-corrected chi connectivity index (χ1v) is 10.3. The molecule has 0 unspecified atom stereocenters. The maximum atomic E-state index is 12.9. The van der Waals surface area contributed by atoms with E-state index in [0.29, 0.717) is 17.3 Å². The minimum Gasteiger partial charge on any atom is -0.492 e. The normalized spacial score (nSPS) is 11.5. The first-order valence-electron chi connectivity index (χ1n) is 8.10. The molecule has 0 heterocycles. The van der Waals surface area contributed by atoms with Crippen molar-refractivity contribution in [3.63, 3.8) is 0 Å². The monoisotopic (exact) mass is 430 g/mol. The number of sulfonamides is 1. The smallest absolute Gasteiger partial charge is 0.247 e. The molecule has 0 fully saturated rings. The van der Waals surface area contributed by atoms with Crippen LogP contribution in [0.5, 0.6) is 5.75 Å². The van der Waals surface area contributed by atoms with Crippen molar-refractivity contribution in [1.82, 2.24) is 4.31 Å². The summed E-state index contributed by atoms with van der Waals surface area (Å²) in [5.74, 6) is -0.297. The lowest BCUT2D eigenvalue weighted by molar-refractivity contribution is -0.116. The number of benzene rings is 2. The zero-order chi connectivity index (χ0) is 20.2. The molecule has 6 nitrogen and oxygen atoms in total. The van der Waals surface area contributed by atoms with Gasteiger partial charge in [-0.3, -0.25) is 4.79 Å². The first-order chi connectivity index (χ1) is 12.6. The van der Waals surface area contributed by atoms with Crippen LogP contribution in [0.2, 0.25) is 10.0 Å². The van der Waals surface area contributed by atoms with Crippen molar-refractivity contribution in [2.75, 3.05) is 25.5 Å². The molecule has 0 saturated carbocycles. The minimum absolute atomic E-state index is 0.0881. The summed E-state index contributed by atoms with van der Waals surface area (Å²) < 4.78 is 32.1. The van der Waals surface area contributed by atoms with Crippen LogP contribution in [0.3, 0.4) is 0 Å². The van der Waals surface area contributed by atoms with Crippen LogP contribution in [0.25, 0.3) is 0 Å². The zero-order valence-corrected chi connectivity index (χ0v) is 17.5. The summed E-state index contributed by atoms with van der Waals surface area (Å²) in [6.45, 7) is 3.46. The van der Waals surface area contributed by atoms with Gasteiger partial charge in [-0.2, -0.15) is 4.31 Å². The van der Waals surface area contributed by atoms with Crippen LogP contribution in [0, 0.1) is 6.92 Å². The van der Waals surface area contributed by atoms with Gasteiger partial charge >= 0.3 is 0 Å². The Bertz CT molecular complexity index is 948. The molecule has 0 aromatic heterocycles. The lowest BCUT2D eigenvalue weighted by Gasteiger charge is -2.19. The largest absolute Gasteiger partial charge is 0.492 e. The Hall–Kier alpha value is -1.80. The van der Waals surface area contributed by atoms with Gasteiger partial charge in [-0.05, 0) is 55.8 Å². The molecule has 2 aromatic rings. The highest BCUT2D eigenvalue weighted by molar-refractivity contribution is 7.89. The number of carbonyl (C=O) groups is 1. The van der Waals surface area contributed by atoms with Gasteiger partial charge in [-0.15, -0.1) is 0 Å². The fraction of sp³-hybridized carbons (Fsp3) is 0.278. The number of rotatable bonds is 7. The van der Waals surface area contributed by atoms with E-state index in [9.17, 15) is 13.2 Å². The summed E-state index contributed by atoms with van der Waals surface area (Å²) >= 11 is 11.8. The second kappa shape index (κ2) is 8.93. The first kappa shape index (κ1) is 21.5. The van der Waals surface area contributed by atoms with Gasteiger partial charge in [0.15, 0.2) is 0 Å². The van der Waals surface area contributed by atoms with Crippen LogP contribution in [-0.2, 0) is 14.8 Å². The Morgan fingerprint density at radius 2 is 1.78 bits per heavy atom. The van der Waals surface area contributed by atoms with Crippen LogP contribution in [0.1, 0.15) is 12.5 Å². The predicted octanol–water partition coefficient (Wildman–Crippen LogP) is 3.96. The number of halogens is 2. The highest BCUT2D eigenvalue weighted by Gasteiger charge is 2.27. The molecule has 1 amide bonds. The SMILES string of the molecule is CCOc1ccc(Cl)cc1S(=O)(=O)N(C)CC(=O)Nc1ccc(Cl)cc1C. The van der Waals surface area contributed by atoms with Gasteiger partial charge in [0.05, 0.1) is 13.2 Å². The molecular formula is C18H20Cl2N2O4S. The van der Waals surface area contributed by atoms with Crippen molar-refractivity contribution in [2.24, 2.45) is 0 Å². The molecule has 9 heteroatoms. The Morgan fingerprint density at radius 3 is 2.41 bits per heavy atom. The molecule has 2 rings (SSSR count). The molecule has 1 N–H and O–H groups in total. The molecule has 0 aliphatic heterocycles. The van der Waals surface area contributed by atoms with Crippen molar-refractivity contribution < 1.29 is 17.9 Å². The second-order valence-corrected chi connectivity index (χ2v) is 8.68. The highest BCUT2D eigenvalue weighted by atomic mass is 35.5. The Kier molecular flexibility index (Phi) is 7.11. The summed E-state index contributed by atoms with van der Waals surface area (Å²) in [6, 6.07) is 9.35. The molecule has 0 spiro atoms. The van der Waals surface area contributed by atoms with E-state index in [0.717, 1.165) is 9.87 Å². The van der Waals surface area contributed by atoms with Crippen molar-refractivity contribution in [3.8, 4) is 5.75 Å². The molecule has 0 bridgehead atoms. The van der Waals surface area contributed by atoms with Crippen molar-refractivity contribution >= 4 is 44.8 Å². The van der Waals surface area contributed by atoms with Crippen LogP contribution in [-0.4, -0.2) is 38.8 Å². The third kappa shape index (κ3) is 5.35. The van der Waals surface area contributed by atoms with E-state index in [2.05, 4.69) is 5.32 Å². The van der Waals surface area contributed by atoms with E-state index < -0.39 is 15.9 Å². The summed E-state index contributed by atoms with van der Waals surface area (Å²) in [4.78, 5) is 12.2. The predicted molar refractivity (Wildman–Crippen MR) is 107 cm³/mol. The maximum absolute atomic E-state index is 12.9. The summed E-state index contributed by atoms with van der Waals surface area (Å²) in [5, 5.41) is 3.49. The van der Waals surface area contributed by atoms with Gasteiger partial charge in [-0.25, -0.2) is 8.42 Å². The molecule has 0 radical (unpaired) electrons. The zero-order valence-electron chi connectivity index (χ0n) is 15.1. The van der Waals surface area contributed by atoms with Gasteiger partial charge in [-0.1, -0.05) is 23.2 Å². The lowest BCUT2D eigenvalue weighted by Crippen LogP contribution is -2.35. The second-order valence-electron chi connectivity index (χ2n) is 5.79. The third-order valence-electron chi connectivity index (χ3n) is 3.72. The third-order valence-corrected chi connectivity index (χ3v) is 6.02. The molecule has 0 aliphatic rings. The summed E-state index contributed by atoms with van der Waals surface area (Å²) in [6.07, 6.45) is 0. The number of amides is 1. The Balaban J connectivity index is 2.20. The van der Waals surface area contributed by atoms with E-state index in [1.807, 2.05) is 0 Å². The molecule has 0 saturated heterocycles. The number of hydrogen-bond acceptors (Lipinski definition) is 4. The number of likely N-dealkylation sites (N-methyl/N-ethyl adjacent to an activating group) is 1. The number of anilines is 1.